The van der Waals surface area contributed by atoms with Crippen molar-refractivity contribution in [1.82, 2.24) is 5.32 Å². The first-order valence-corrected chi connectivity index (χ1v) is 9.34. The van der Waals surface area contributed by atoms with Gasteiger partial charge in [0.1, 0.15) is 0 Å². The van der Waals surface area contributed by atoms with Crippen LogP contribution in [0.2, 0.25) is 0 Å². The highest BCUT2D eigenvalue weighted by Crippen LogP contribution is 2.33. The summed E-state index contributed by atoms with van der Waals surface area (Å²) in [4.78, 5) is 38.1. The molecule has 3 rings (SSSR count). The fourth-order valence-corrected chi connectivity index (χ4v) is 3.22. The van der Waals surface area contributed by atoms with Gasteiger partial charge in [-0.05, 0) is 36.8 Å². The molecule has 1 N–H and O–H groups in total. The van der Waals surface area contributed by atoms with Gasteiger partial charge in [0, 0.05) is 24.7 Å². The first kappa shape index (κ1) is 18.4. The summed E-state index contributed by atoms with van der Waals surface area (Å²) < 4.78 is 5.12. The van der Waals surface area contributed by atoms with Crippen LogP contribution in [0.1, 0.15) is 51.0 Å². The van der Waals surface area contributed by atoms with Crippen LogP contribution < -0.4 is 10.2 Å². The van der Waals surface area contributed by atoms with Crippen LogP contribution in [0.3, 0.4) is 0 Å². The van der Waals surface area contributed by atoms with Crippen LogP contribution in [-0.2, 0) is 19.1 Å². The zero-order valence-electron chi connectivity index (χ0n) is 15.4. The van der Waals surface area contributed by atoms with Gasteiger partial charge in [-0.15, -0.1) is 0 Å². The van der Waals surface area contributed by atoms with Crippen LogP contribution in [0, 0.1) is 5.92 Å². The average molecular weight is 358 g/mol. The van der Waals surface area contributed by atoms with E-state index < -0.39 is 11.9 Å². The molecule has 0 unspecified atom stereocenters. The van der Waals surface area contributed by atoms with Crippen LogP contribution in [0.25, 0.3) is 0 Å². The molecule has 1 saturated carbocycles. The summed E-state index contributed by atoms with van der Waals surface area (Å²) in [5, 5.41) is 2.78. The molecule has 1 aliphatic carbocycles. The number of ether oxygens (including phenoxy) is 1. The minimum atomic E-state index is -0.527. The molecule has 140 valence electrons. The van der Waals surface area contributed by atoms with Crippen molar-refractivity contribution in [3.8, 4) is 0 Å². The Hall–Kier alpha value is -2.37. The molecule has 1 heterocycles. The van der Waals surface area contributed by atoms with E-state index in [2.05, 4.69) is 19.2 Å². The fraction of sp³-hybridized carbons (Fsp3) is 0.550. The van der Waals surface area contributed by atoms with Gasteiger partial charge in [-0.1, -0.05) is 32.0 Å². The zero-order chi connectivity index (χ0) is 18.7. The van der Waals surface area contributed by atoms with Gasteiger partial charge in [-0.3, -0.25) is 14.4 Å². The van der Waals surface area contributed by atoms with Crippen LogP contribution in [-0.4, -0.2) is 37.0 Å². The molecule has 1 aliphatic heterocycles. The molecule has 6 heteroatoms. The van der Waals surface area contributed by atoms with Crippen LogP contribution >= 0.6 is 0 Å². The average Bonchev–Trinajstić information content (AvgIpc) is 3.37. The maximum Gasteiger partial charge on any atom is 0.311 e. The number of nitrogens with one attached hydrogen (secondary N) is 1. The molecule has 1 aromatic rings. The van der Waals surface area contributed by atoms with Gasteiger partial charge in [0.25, 0.3) is 5.91 Å². The summed E-state index contributed by atoms with van der Waals surface area (Å²) in [6.45, 7) is 4.27. The van der Waals surface area contributed by atoms with E-state index in [9.17, 15) is 14.4 Å². The summed E-state index contributed by atoms with van der Waals surface area (Å²) in [6.07, 6.45) is 3.07. The van der Waals surface area contributed by atoms with Gasteiger partial charge in [-0.2, -0.15) is 0 Å². The van der Waals surface area contributed by atoms with Crippen molar-refractivity contribution >= 4 is 23.5 Å². The van der Waals surface area contributed by atoms with Crippen molar-refractivity contribution < 1.29 is 19.1 Å². The molecule has 1 saturated heterocycles. The van der Waals surface area contributed by atoms with Crippen molar-refractivity contribution in [2.75, 3.05) is 18.1 Å². The Morgan fingerprint density at radius 2 is 2.04 bits per heavy atom. The van der Waals surface area contributed by atoms with Gasteiger partial charge in [0.05, 0.1) is 5.92 Å². The number of rotatable bonds is 7. The van der Waals surface area contributed by atoms with Gasteiger partial charge in [0.15, 0.2) is 6.61 Å². The van der Waals surface area contributed by atoms with E-state index >= 15 is 0 Å². The molecular weight excluding hydrogens is 332 g/mol. The number of hydrogen-bond donors (Lipinski definition) is 1. The number of benzene rings is 1. The Balaban J connectivity index is 1.61. The second kappa shape index (κ2) is 7.89. The number of hydrogen-bond acceptors (Lipinski definition) is 4. The maximum absolute atomic E-state index is 12.5. The standard InChI is InChI=1S/C20H26N2O4/c1-3-13(2)16-6-4-5-7-17(16)22-11-14(10-19(22)24)20(25)26-12-18(23)21-15-8-9-15/h4-7,13-15H,3,8-12H2,1-2H3,(H,21,23)/t13-,14+/m1/s1. The summed E-state index contributed by atoms with van der Waals surface area (Å²) in [5.41, 5.74) is 1.98. The van der Waals surface area contributed by atoms with E-state index in [1.165, 1.54) is 0 Å². The number of nitrogens with zero attached hydrogens (tertiary/aromatic N) is 1. The highest BCUT2D eigenvalue weighted by atomic mass is 16.5. The number of carbonyl (C=O) groups excluding carboxylic acids is 3. The Kier molecular flexibility index (Phi) is 5.59. The first-order chi connectivity index (χ1) is 12.5. The van der Waals surface area contributed by atoms with Crippen molar-refractivity contribution in [2.45, 2.75) is 51.5 Å². The van der Waals surface area contributed by atoms with Crippen molar-refractivity contribution in [3.05, 3.63) is 29.8 Å². The second-order valence-corrected chi connectivity index (χ2v) is 7.22. The molecule has 6 nitrogen and oxygen atoms in total. The Labute approximate surface area is 153 Å². The smallest absolute Gasteiger partial charge is 0.311 e. The third-order valence-corrected chi connectivity index (χ3v) is 5.12. The number of para-hydroxylation sites is 1. The summed E-state index contributed by atoms with van der Waals surface area (Å²) >= 11 is 0. The van der Waals surface area contributed by atoms with E-state index in [1.54, 1.807) is 4.90 Å². The number of anilines is 1. The Morgan fingerprint density at radius 1 is 1.31 bits per heavy atom. The molecule has 1 aromatic carbocycles. The SMILES string of the molecule is CC[C@@H](C)c1ccccc1N1C[C@@H](C(=O)OCC(=O)NC2CC2)CC1=O. The van der Waals surface area contributed by atoms with Gasteiger partial charge in [-0.25, -0.2) is 0 Å². The summed E-state index contributed by atoms with van der Waals surface area (Å²) in [6, 6.07) is 8.07. The molecule has 0 radical (unpaired) electrons. The van der Waals surface area contributed by atoms with E-state index in [0.29, 0.717) is 12.5 Å². The van der Waals surface area contributed by atoms with Gasteiger partial charge < -0.3 is 15.0 Å². The molecule has 0 aromatic heterocycles. The van der Waals surface area contributed by atoms with Crippen LogP contribution in [0.15, 0.2) is 24.3 Å². The van der Waals surface area contributed by atoms with Crippen molar-refractivity contribution in [2.24, 2.45) is 5.92 Å². The molecule has 0 spiro atoms. The maximum atomic E-state index is 12.5. The quantitative estimate of drug-likeness (QED) is 0.759. The molecule has 0 bridgehead atoms. The summed E-state index contributed by atoms with van der Waals surface area (Å²) in [5.74, 6) is -1.03. The summed E-state index contributed by atoms with van der Waals surface area (Å²) in [7, 11) is 0. The number of amides is 2. The van der Waals surface area contributed by atoms with Gasteiger partial charge >= 0.3 is 5.97 Å². The highest BCUT2D eigenvalue weighted by Gasteiger charge is 2.37. The lowest BCUT2D eigenvalue weighted by atomic mass is 9.96. The van der Waals surface area contributed by atoms with Crippen molar-refractivity contribution in [1.29, 1.82) is 0 Å². The molecule has 2 atom stereocenters. The predicted molar refractivity (Wildman–Crippen MR) is 97.7 cm³/mol. The van der Waals surface area contributed by atoms with E-state index in [-0.39, 0.29) is 30.9 Å². The predicted octanol–water partition coefficient (Wildman–Crippen LogP) is 2.37. The van der Waals surface area contributed by atoms with Crippen molar-refractivity contribution in [3.63, 3.8) is 0 Å². The van der Waals surface area contributed by atoms with E-state index in [0.717, 1.165) is 30.5 Å². The minimum Gasteiger partial charge on any atom is -0.455 e. The number of esters is 1. The zero-order valence-corrected chi connectivity index (χ0v) is 15.4. The minimum absolute atomic E-state index is 0.0786. The fourth-order valence-electron chi connectivity index (χ4n) is 3.22. The second-order valence-electron chi connectivity index (χ2n) is 7.22. The van der Waals surface area contributed by atoms with Crippen LogP contribution in [0.5, 0.6) is 0 Å². The Bertz CT molecular complexity index is 699. The number of carbonyl (C=O) groups is 3. The first-order valence-electron chi connectivity index (χ1n) is 9.34. The monoisotopic (exact) mass is 358 g/mol. The topological polar surface area (TPSA) is 75.7 Å². The molecule has 2 fully saturated rings. The third-order valence-electron chi connectivity index (χ3n) is 5.12. The van der Waals surface area contributed by atoms with Crippen LogP contribution in [0.4, 0.5) is 5.69 Å². The lowest BCUT2D eigenvalue weighted by molar-refractivity contribution is -0.152. The Morgan fingerprint density at radius 3 is 2.73 bits per heavy atom. The largest absolute Gasteiger partial charge is 0.455 e. The highest BCUT2D eigenvalue weighted by molar-refractivity contribution is 6.00. The molecule has 2 amide bonds. The normalized spacial score (nSPS) is 20.8. The van der Waals surface area contributed by atoms with Gasteiger partial charge in [0.2, 0.25) is 5.91 Å². The van der Waals surface area contributed by atoms with E-state index in [1.807, 2.05) is 24.3 Å². The molecule has 2 aliphatic rings. The lowest BCUT2D eigenvalue weighted by Gasteiger charge is -2.23. The third kappa shape index (κ3) is 4.23. The lowest BCUT2D eigenvalue weighted by Crippen LogP contribution is -2.32. The van der Waals surface area contributed by atoms with E-state index in [4.69, 9.17) is 4.74 Å². The molecular formula is C20H26N2O4. The molecule has 26 heavy (non-hydrogen) atoms.